The SMILES string of the molecule is O=C(O)/C=C/C(=O)O.c1csc(-c2cc(N3CCN4CCC3CC4)sn2)c1. The third-order valence-corrected chi connectivity index (χ3v) is 6.30. The summed E-state index contributed by atoms with van der Waals surface area (Å²) >= 11 is 3.44. The molecule has 0 unspecified atom stereocenters. The second-order valence-electron chi connectivity index (χ2n) is 6.30. The van der Waals surface area contributed by atoms with Crippen molar-refractivity contribution in [3.05, 3.63) is 35.7 Å². The van der Waals surface area contributed by atoms with Gasteiger partial charge in [0.15, 0.2) is 0 Å². The van der Waals surface area contributed by atoms with Gasteiger partial charge < -0.3 is 20.0 Å². The lowest BCUT2D eigenvalue weighted by molar-refractivity contribution is -0.134. The van der Waals surface area contributed by atoms with Crippen LogP contribution in [0.5, 0.6) is 0 Å². The zero-order chi connectivity index (χ0) is 19.2. The minimum atomic E-state index is -1.26. The molecule has 0 saturated carbocycles. The second-order valence-corrected chi connectivity index (χ2v) is 8.03. The van der Waals surface area contributed by atoms with Crippen LogP contribution in [-0.4, -0.2) is 63.6 Å². The summed E-state index contributed by atoms with van der Waals surface area (Å²) in [5, 5.41) is 19.1. The van der Waals surface area contributed by atoms with E-state index in [4.69, 9.17) is 10.2 Å². The van der Waals surface area contributed by atoms with Gasteiger partial charge in [-0.05, 0) is 35.8 Å². The molecular formula is C18H21N3O4S2. The Labute approximate surface area is 165 Å². The summed E-state index contributed by atoms with van der Waals surface area (Å²) in [5.41, 5.74) is 1.15. The molecule has 0 atom stereocenters. The van der Waals surface area contributed by atoms with Crippen molar-refractivity contribution in [2.75, 3.05) is 31.1 Å². The summed E-state index contributed by atoms with van der Waals surface area (Å²) in [7, 11) is 0. The largest absolute Gasteiger partial charge is 0.478 e. The van der Waals surface area contributed by atoms with Gasteiger partial charge >= 0.3 is 11.9 Å². The molecule has 0 radical (unpaired) electrons. The van der Waals surface area contributed by atoms with Gasteiger partial charge in [0.1, 0.15) is 5.00 Å². The van der Waals surface area contributed by atoms with Crippen LogP contribution < -0.4 is 4.90 Å². The monoisotopic (exact) mass is 407 g/mol. The number of fused-ring (bicyclic) bond motifs is 4. The van der Waals surface area contributed by atoms with E-state index in [0.717, 1.165) is 18.3 Å². The van der Waals surface area contributed by atoms with Gasteiger partial charge in [-0.3, -0.25) is 0 Å². The molecular weight excluding hydrogens is 386 g/mol. The molecule has 3 aliphatic heterocycles. The van der Waals surface area contributed by atoms with Gasteiger partial charge in [-0.2, -0.15) is 4.37 Å². The number of nitrogens with zero attached hydrogens (tertiary/aromatic N) is 3. The summed E-state index contributed by atoms with van der Waals surface area (Å²) in [5.74, 6) is -2.51. The van der Waals surface area contributed by atoms with Crippen LogP contribution in [0.15, 0.2) is 35.7 Å². The fourth-order valence-electron chi connectivity index (χ4n) is 3.26. The van der Waals surface area contributed by atoms with Gasteiger partial charge in [0.25, 0.3) is 0 Å². The molecule has 7 nitrogen and oxygen atoms in total. The molecule has 0 spiro atoms. The molecule has 9 heteroatoms. The van der Waals surface area contributed by atoms with E-state index in [0.29, 0.717) is 12.2 Å². The Kier molecular flexibility index (Phi) is 6.59. The first-order chi connectivity index (χ1) is 13.0. The predicted molar refractivity (Wildman–Crippen MR) is 107 cm³/mol. The molecule has 144 valence electrons. The number of thiophene rings is 1. The molecule has 3 fully saturated rings. The summed E-state index contributed by atoms with van der Waals surface area (Å²) < 4.78 is 4.64. The Morgan fingerprint density at radius 3 is 2.41 bits per heavy atom. The maximum absolute atomic E-state index is 9.55. The van der Waals surface area contributed by atoms with Crippen LogP contribution in [0.25, 0.3) is 10.6 Å². The summed E-state index contributed by atoms with van der Waals surface area (Å²) in [6, 6.07) is 7.27. The van der Waals surface area contributed by atoms with Crippen LogP contribution in [0.4, 0.5) is 5.00 Å². The first-order valence-corrected chi connectivity index (χ1v) is 10.3. The highest BCUT2D eigenvalue weighted by Crippen LogP contribution is 2.34. The van der Waals surface area contributed by atoms with E-state index in [2.05, 4.69) is 37.8 Å². The number of carboxylic acid groups (broad SMARTS) is 2. The van der Waals surface area contributed by atoms with Crippen LogP contribution in [0.3, 0.4) is 0 Å². The van der Waals surface area contributed by atoms with Crippen molar-refractivity contribution in [2.45, 2.75) is 18.9 Å². The first-order valence-electron chi connectivity index (χ1n) is 8.66. The fraction of sp³-hybridized carbons (Fsp3) is 0.389. The van der Waals surface area contributed by atoms with Crippen molar-refractivity contribution in [2.24, 2.45) is 0 Å². The molecule has 0 amide bonds. The third kappa shape index (κ3) is 5.38. The van der Waals surface area contributed by atoms with E-state index < -0.39 is 11.9 Å². The minimum Gasteiger partial charge on any atom is -0.478 e. The lowest BCUT2D eigenvalue weighted by Gasteiger charge is -2.31. The molecule has 3 saturated heterocycles. The lowest BCUT2D eigenvalue weighted by Crippen LogP contribution is -2.37. The topological polar surface area (TPSA) is 94.0 Å². The highest BCUT2D eigenvalue weighted by molar-refractivity contribution is 7.14. The summed E-state index contributed by atoms with van der Waals surface area (Å²) in [6.07, 6.45) is 3.74. The Hall–Kier alpha value is -2.23. The lowest BCUT2D eigenvalue weighted by atomic mass is 10.1. The van der Waals surface area contributed by atoms with Crippen molar-refractivity contribution in [3.8, 4) is 10.6 Å². The van der Waals surface area contributed by atoms with Crippen molar-refractivity contribution < 1.29 is 19.8 Å². The van der Waals surface area contributed by atoms with E-state index in [9.17, 15) is 9.59 Å². The number of aliphatic carboxylic acids is 2. The Balaban J connectivity index is 0.000000226. The smallest absolute Gasteiger partial charge is 0.328 e. The van der Waals surface area contributed by atoms with Crippen LogP contribution >= 0.6 is 22.9 Å². The number of carboxylic acids is 2. The third-order valence-electron chi connectivity index (χ3n) is 4.58. The van der Waals surface area contributed by atoms with Gasteiger partial charge in [-0.25, -0.2) is 9.59 Å². The zero-order valence-corrected chi connectivity index (χ0v) is 16.3. The number of piperidine rings is 1. The van der Waals surface area contributed by atoms with Crippen LogP contribution in [0.2, 0.25) is 0 Å². The Bertz CT molecular complexity index is 779. The van der Waals surface area contributed by atoms with E-state index in [-0.39, 0.29) is 0 Å². The molecule has 27 heavy (non-hydrogen) atoms. The minimum absolute atomic E-state index is 0.558. The average molecular weight is 408 g/mol. The number of carbonyl (C=O) groups is 2. The molecule has 0 aromatic carbocycles. The maximum Gasteiger partial charge on any atom is 0.328 e. The number of hydrogen-bond acceptors (Lipinski definition) is 7. The van der Waals surface area contributed by atoms with E-state index in [1.807, 2.05) is 0 Å². The summed E-state index contributed by atoms with van der Waals surface area (Å²) in [6.45, 7) is 4.93. The fourth-order valence-corrected chi connectivity index (χ4v) is 4.86. The van der Waals surface area contributed by atoms with Gasteiger partial charge in [0, 0.05) is 50.4 Å². The average Bonchev–Trinajstić information content (AvgIpc) is 3.27. The number of aromatic nitrogens is 1. The van der Waals surface area contributed by atoms with Crippen LogP contribution in [0, 0.1) is 0 Å². The first kappa shape index (κ1) is 19.5. The molecule has 2 aromatic heterocycles. The predicted octanol–water partition coefficient (Wildman–Crippen LogP) is 2.87. The van der Waals surface area contributed by atoms with E-state index >= 15 is 0 Å². The van der Waals surface area contributed by atoms with Crippen LogP contribution in [0.1, 0.15) is 12.8 Å². The van der Waals surface area contributed by atoms with E-state index in [1.54, 1.807) is 22.9 Å². The number of anilines is 1. The molecule has 2 aromatic rings. The second kappa shape index (κ2) is 9.12. The van der Waals surface area contributed by atoms with Gasteiger partial charge in [-0.15, -0.1) is 11.3 Å². The van der Waals surface area contributed by atoms with Crippen molar-refractivity contribution in [1.82, 2.24) is 9.27 Å². The zero-order valence-electron chi connectivity index (χ0n) is 14.7. The van der Waals surface area contributed by atoms with Crippen molar-refractivity contribution in [3.63, 3.8) is 0 Å². The summed E-state index contributed by atoms with van der Waals surface area (Å²) in [4.78, 5) is 25.6. The molecule has 3 aliphatic rings. The quantitative estimate of drug-likeness (QED) is 0.753. The Morgan fingerprint density at radius 1 is 1.11 bits per heavy atom. The molecule has 2 N–H and O–H groups in total. The highest BCUT2D eigenvalue weighted by atomic mass is 32.1. The van der Waals surface area contributed by atoms with Gasteiger partial charge in [0.2, 0.25) is 0 Å². The molecule has 5 heterocycles. The highest BCUT2D eigenvalue weighted by Gasteiger charge is 2.30. The standard InChI is InChI=1S/C14H17N3S2.C4H4O4/c1-2-13(18-9-1)12-10-14(19-15-12)17-8-7-16-5-3-11(17)4-6-16;5-3(6)1-2-4(7)8/h1-2,9-11H,3-8H2;1-2H,(H,5,6)(H,7,8)/b;2-1+. The van der Waals surface area contributed by atoms with Crippen LogP contribution in [-0.2, 0) is 9.59 Å². The number of hydrogen-bond donors (Lipinski definition) is 2. The van der Waals surface area contributed by atoms with Gasteiger partial charge in [0.05, 0.1) is 10.6 Å². The number of rotatable bonds is 4. The van der Waals surface area contributed by atoms with Gasteiger partial charge in [-0.1, -0.05) is 6.07 Å². The molecule has 5 rings (SSSR count). The molecule has 0 aliphatic carbocycles. The Morgan fingerprint density at radius 2 is 1.81 bits per heavy atom. The maximum atomic E-state index is 9.55. The van der Waals surface area contributed by atoms with Crippen molar-refractivity contribution >= 4 is 39.8 Å². The normalized spacial score (nSPS) is 21.6. The van der Waals surface area contributed by atoms with E-state index in [1.165, 1.54) is 42.4 Å². The molecule has 2 bridgehead atoms. The van der Waals surface area contributed by atoms with Crippen molar-refractivity contribution in [1.29, 1.82) is 0 Å².